The first kappa shape index (κ1) is 16.9. The molecule has 0 aliphatic carbocycles. The number of hydrogen-bond acceptors (Lipinski definition) is 5. The number of aromatic carboxylic acids is 1. The SMILES string of the molecule is O=C(O)c1ccc(Cl)c(S(=O)(=O)NNC(=O)c2ccncc2)c1. The van der Waals surface area contributed by atoms with Gasteiger partial charge in [0.15, 0.2) is 0 Å². The predicted molar refractivity (Wildman–Crippen MR) is 80.4 cm³/mol. The van der Waals surface area contributed by atoms with Crippen molar-refractivity contribution in [3.63, 3.8) is 0 Å². The molecular formula is C13H10ClN3O5S. The van der Waals surface area contributed by atoms with Gasteiger partial charge in [-0.3, -0.25) is 15.2 Å². The maximum atomic E-state index is 12.1. The molecule has 1 amide bonds. The molecule has 2 rings (SSSR count). The van der Waals surface area contributed by atoms with Crippen molar-refractivity contribution in [1.29, 1.82) is 0 Å². The molecule has 1 heterocycles. The number of sulfonamides is 1. The van der Waals surface area contributed by atoms with Gasteiger partial charge in [-0.1, -0.05) is 11.6 Å². The number of carboxylic acids is 1. The number of benzene rings is 1. The van der Waals surface area contributed by atoms with Crippen molar-refractivity contribution in [3.05, 3.63) is 58.9 Å². The number of pyridine rings is 1. The van der Waals surface area contributed by atoms with Crippen LogP contribution in [0.15, 0.2) is 47.6 Å². The number of carboxylic acid groups (broad SMARTS) is 1. The molecule has 0 spiro atoms. The van der Waals surface area contributed by atoms with E-state index in [2.05, 4.69) is 4.98 Å². The highest BCUT2D eigenvalue weighted by Gasteiger charge is 2.21. The van der Waals surface area contributed by atoms with Crippen LogP contribution in [0.3, 0.4) is 0 Å². The van der Waals surface area contributed by atoms with E-state index in [1.54, 1.807) is 0 Å². The van der Waals surface area contributed by atoms with E-state index in [0.717, 1.165) is 12.1 Å². The Bertz CT molecular complexity index is 855. The van der Waals surface area contributed by atoms with Gasteiger partial charge in [0, 0.05) is 18.0 Å². The lowest BCUT2D eigenvalue weighted by molar-refractivity contribution is 0.0696. The Morgan fingerprint density at radius 2 is 1.74 bits per heavy atom. The summed E-state index contributed by atoms with van der Waals surface area (Å²) in [4.78, 5) is 27.8. The van der Waals surface area contributed by atoms with Gasteiger partial charge >= 0.3 is 5.97 Å². The van der Waals surface area contributed by atoms with E-state index in [4.69, 9.17) is 16.7 Å². The maximum Gasteiger partial charge on any atom is 0.335 e. The fraction of sp³-hybridized carbons (Fsp3) is 0. The van der Waals surface area contributed by atoms with Crippen molar-refractivity contribution >= 4 is 33.5 Å². The van der Waals surface area contributed by atoms with E-state index in [9.17, 15) is 18.0 Å². The molecule has 0 radical (unpaired) electrons. The van der Waals surface area contributed by atoms with Gasteiger partial charge in [0.2, 0.25) is 0 Å². The molecule has 1 aromatic carbocycles. The smallest absolute Gasteiger partial charge is 0.335 e. The minimum Gasteiger partial charge on any atom is -0.478 e. The van der Waals surface area contributed by atoms with E-state index in [1.165, 1.54) is 30.6 Å². The molecule has 0 bridgehead atoms. The molecule has 0 aliphatic rings. The third kappa shape index (κ3) is 4.03. The lowest BCUT2D eigenvalue weighted by atomic mass is 10.2. The normalized spacial score (nSPS) is 11.0. The zero-order chi connectivity index (χ0) is 17.0. The summed E-state index contributed by atoms with van der Waals surface area (Å²) in [6.07, 6.45) is 2.74. The second-order valence-corrected chi connectivity index (χ2v) is 6.30. The Labute approximate surface area is 136 Å². The van der Waals surface area contributed by atoms with Crippen LogP contribution in [-0.4, -0.2) is 30.4 Å². The largest absolute Gasteiger partial charge is 0.478 e. The Morgan fingerprint density at radius 1 is 1.09 bits per heavy atom. The van der Waals surface area contributed by atoms with Gasteiger partial charge in [-0.25, -0.2) is 13.2 Å². The molecule has 3 N–H and O–H groups in total. The van der Waals surface area contributed by atoms with E-state index in [0.29, 0.717) is 0 Å². The van der Waals surface area contributed by atoms with Crippen molar-refractivity contribution in [3.8, 4) is 0 Å². The van der Waals surface area contributed by atoms with Gasteiger partial charge in [-0.2, -0.15) is 0 Å². The van der Waals surface area contributed by atoms with Gasteiger partial charge in [0.1, 0.15) is 4.90 Å². The summed E-state index contributed by atoms with van der Waals surface area (Å²) >= 11 is 5.78. The highest BCUT2D eigenvalue weighted by molar-refractivity contribution is 7.89. The van der Waals surface area contributed by atoms with Crippen LogP contribution in [0.5, 0.6) is 0 Å². The van der Waals surface area contributed by atoms with Crippen molar-refractivity contribution in [2.45, 2.75) is 4.90 Å². The Morgan fingerprint density at radius 3 is 2.35 bits per heavy atom. The molecule has 0 unspecified atom stereocenters. The number of hydrazine groups is 1. The molecule has 8 nitrogen and oxygen atoms in total. The first-order valence-corrected chi connectivity index (χ1v) is 7.92. The molecule has 0 atom stereocenters. The molecular weight excluding hydrogens is 346 g/mol. The summed E-state index contributed by atoms with van der Waals surface area (Å²) in [7, 11) is -4.24. The number of nitrogens with one attached hydrogen (secondary N) is 2. The third-order valence-corrected chi connectivity index (χ3v) is 4.44. The number of halogens is 1. The van der Waals surface area contributed by atoms with E-state index in [-0.39, 0.29) is 16.1 Å². The molecule has 23 heavy (non-hydrogen) atoms. The quantitative estimate of drug-likeness (QED) is 0.688. The van der Waals surface area contributed by atoms with Gasteiger partial charge < -0.3 is 5.11 Å². The molecule has 0 saturated heterocycles. The number of aromatic nitrogens is 1. The third-order valence-electron chi connectivity index (χ3n) is 2.71. The molecule has 0 fully saturated rings. The van der Waals surface area contributed by atoms with Gasteiger partial charge in [0.25, 0.3) is 15.9 Å². The average Bonchev–Trinajstić information content (AvgIpc) is 2.53. The number of nitrogens with zero attached hydrogens (tertiary/aromatic N) is 1. The van der Waals surface area contributed by atoms with Crippen LogP contribution in [0.2, 0.25) is 5.02 Å². The lowest BCUT2D eigenvalue weighted by Crippen LogP contribution is -2.41. The van der Waals surface area contributed by atoms with Crippen molar-refractivity contribution in [1.82, 2.24) is 15.2 Å². The molecule has 2 aromatic rings. The van der Waals surface area contributed by atoms with E-state index < -0.39 is 26.8 Å². The molecule has 1 aromatic heterocycles. The van der Waals surface area contributed by atoms with Crippen molar-refractivity contribution in [2.24, 2.45) is 0 Å². The second-order valence-electron chi connectivity index (χ2n) is 4.25. The first-order chi connectivity index (χ1) is 10.8. The highest BCUT2D eigenvalue weighted by Crippen LogP contribution is 2.22. The van der Waals surface area contributed by atoms with Crippen LogP contribution >= 0.6 is 11.6 Å². The van der Waals surface area contributed by atoms with Crippen LogP contribution in [0.1, 0.15) is 20.7 Å². The number of amides is 1. The second kappa shape index (κ2) is 6.73. The zero-order valence-corrected chi connectivity index (χ0v) is 12.9. The maximum absolute atomic E-state index is 12.1. The van der Waals surface area contributed by atoms with Crippen molar-refractivity contribution in [2.75, 3.05) is 0 Å². The van der Waals surface area contributed by atoms with Crippen molar-refractivity contribution < 1.29 is 23.1 Å². The molecule has 120 valence electrons. The van der Waals surface area contributed by atoms with Crippen LogP contribution in [0.4, 0.5) is 0 Å². The summed E-state index contributed by atoms with van der Waals surface area (Å²) in [6.45, 7) is 0. The van der Waals surface area contributed by atoms with Gasteiger partial charge in [0.05, 0.1) is 10.6 Å². The monoisotopic (exact) mass is 355 g/mol. The average molecular weight is 356 g/mol. The lowest BCUT2D eigenvalue weighted by Gasteiger charge is -2.10. The summed E-state index contributed by atoms with van der Waals surface area (Å²) in [6, 6.07) is 5.98. The number of carbonyl (C=O) groups excluding carboxylic acids is 1. The molecule has 0 saturated carbocycles. The van der Waals surface area contributed by atoms with Crippen LogP contribution in [-0.2, 0) is 10.0 Å². The summed E-state index contributed by atoms with van der Waals surface area (Å²) in [5, 5.41) is 8.72. The Kier molecular flexibility index (Phi) is 4.94. The topological polar surface area (TPSA) is 125 Å². The first-order valence-electron chi connectivity index (χ1n) is 6.06. The van der Waals surface area contributed by atoms with E-state index >= 15 is 0 Å². The summed E-state index contributed by atoms with van der Waals surface area (Å²) in [5.41, 5.74) is 1.94. The summed E-state index contributed by atoms with van der Waals surface area (Å²) in [5.74, 6) is -2.01. The standard InChI is InChI=1S/C13H10ClN3O5S/c14-10-2-1-9(13(19)20)7-11(10)23(21,22)17-16-12(18)8-3-5-15-6-4-8/h1-7,17H,(H,16,18)(H,19,20). The molecule has 0 aliphatic heterocycles. The number of rotatable bonds is 5. The summed E-state index contributed by atoms with van der Waals surface area (Å²) < 4.78 is 24.3. The van der Waals surface area contributed by atoms with Crippen LogP contribution in [0, 0.1) is 0 Å². The Balaban J connectivity index is 2.21. The molecule has 10 heteroatoms. The fourth-order valence-electron chi connectivity index (χ4n) is 1.59. The number of carbonyl (C=O) groups is 2. The highest BCUT2D eigenvalue weighted by atomic mass is 35.5. The number of hydrogen-bond donors (Lipinski definition) is 3. The van der Waals surface area contributed by atoms with Crippen LogP contribution < -0.4 is 10.3 Å². The van der Waals surface area contributed by atoms with Gasteiger partial charge in [-0.05, 0) is 30.3 Å². The van der Waals surface area contributed by atoms with Crippen LogP contribution in [0.25, 0.3) is 0 Å². The minimum absolute atomic E-state index is 0.180. The van der Waals surface area contributed by atoms with E-state index in [1.807, 2.05) is 10.3 Å². The van der Waals surface area contributed by atoms with Gasteiger partial charge in [-0.15, -0.1) is 4.83 Å². The zero-order valence-electron chi connectivity index (χ0n) is 11.4. The predicted octanol–water partition coefficient (Wildman–Crippen LogP) is 1.06. The fourth-order valence-corrected chi connectivity index (χ4v) is 2.95. The Hall–Kier alpha value is -2.49. The minimum atomic E-state index is -4.24.